The number of alkyl halides is 3. The van der Waals surface area contributed by atoms with Gasteiger partial charge in [0.15, 0.2) is 0 Å². The number of carboxylic acid groups (broad SMARTS) is 1. The minimum Gasteiger partial charge on any atom is -0.478 e. The van der Waals surface area contributed by atoms with Crippen LogP contribution < -0.4 is 4.90 Å². The summed E-state index contributed by atoms with van der Waals surface area (Å²) >= 11 is 0. The molecule has 9 heteroatoms. The van der Waals surface area contributed by atoms with Gasteiger partial charge in [-0.05, 0) is 18.2 Å². The Morgan fingerprint density at radius 1 is 1.32 bits per heavy atom. The van der Waals surface area contributed by atoms with Gasteiger partial charge in [0.2, 0.25) is 0 Å². The summed E-state index contributed by atoms with van der Waals surface area (Å²) in [4.78, 5) is 26.6. The fourth-order valence-electron chi connectivity index (χ4n) is 1.76. The molecule has 0 unspecified atom stereocenters. The molecule has 0 aliphatic rings. The molecule has 0 spiro atoms. The van der Waals surface area contributed by atoms with Crippen LogP contribution >= 0.6 is 0 Å². The van der Waals surface area contributed by atoms with E-state index >= 15 is 0 Å². The second-order valence-corrected chi connectivity index (χ2v) is 4.17. The molecular formula is C13H9F3N2O4. The lowest BCUT2D eigenvalue weighted by atomic mass is 10.2. The van der Waals surface area contributed by atoms with Crippen LogP contribution in [0.4, 0.5) is 18.9 Å². The molecule has 2 rings (SSSR count). The number of aromatic carboxylic acids is 1. The number of hydrogen-bond acceptors (Lipinski definition) is 4. The molecule has 0 aliphatic carbocycles. The van der Waals surface area contributed by atoms with Gasteiger partial charge in [-0.2, -0.15) is 13.2 Å². The molecule has 0 radical (unpaired) electrons. The first-order valence-electron chi connectivity index (χ1n) is 5.89. The van der Waals surface area contributed by atoms with Gasteiger partial charge in [-0.25, -0.2) is 4.79 Å². The quantitative estimate of drug-likeness (QED) is 0.937. The molecule has 0 atom stereocenters. The van der Waals surface area contributed by atoms with Gasteiger partial charge in [0.25, 0.3) is 0 Å². The van der Waals surface area contributed by atoms with E-state index in [0.29, 0.717) is 0 Å². The van der Waals surface area contributed by atoms with Gasteiger partial charge < -0.3 is 9.52 Å². The Balaban J connectivity index is 2.49. The van der Waals surface area contributed by atoms with Crippen LogP contribution in [0.5, 0.6) is 0 Å². The molecule has 2 aromatic rings. The zero-order chi connectivity index (χ0) is 16.3. The highest BCUT2D eigenvalue weighted by Crippen LogP contribution is 2.27. The SMILES string of the molecule is O=C(O)c1ccncc1N(Cc1ccco1)C(=O)C(F)(F)F. The Labute approximate surface area is 121 Å². The van der Waals surface area contributed by atoms with Crippen molar-refractivity contribution < 1.29 is 32.3 Å². The Bertz CT molecular complexity index is 683. The van der Waals surface area contributed by atoms with Gasteiger partial charge >= 0.3 is 18.1 Å². The highest BCUT2D eigenvalue weighted by molar-refractivity contribution is 6.03. The summed E-state index contributed by atoms with van der Waals surface area (Å²) < 4.78 is 43.2. The van der Waals surface area contributed by atoms with E-state index in [2.05, 4.69) is 4.98 Å². The lowest BCUT2D eigenvalue weighted by molar-refractivity contribution is -0.170. The summed E-state index contributed by atoms with van der Waals surface area (Å²) in [5.41, 5.74) is -0.937. The monoisotopic (exact) mass is 314 g/mol. The molecule has 0 fully saturated rings. The topological polar surface area (TPSA) is 83.6 Å². The normalized spacial score (nSPS) is 11.2. The van der Waals surface area contributed by atoms with E-state index in [0.717, 1.165) is 18.5 Å². The summed E-state index contributed by atoms with van der Waals surface area (Å²) in [7, 11) is 0. The van der Waals surface area contributed by atoms with Crippen LogP contribution in [0.2, 0.25) is 0 Å². The van der Waals surface area contributed by atoms with Crippen molar-refractivity contribution in [2.24, 2.45) is 0 Å². The average molecular weight is 314 g/mol. The second kappa shape index (κ2) is 5.88. The average Bonchev–Trinajstić information content (AvgIpc) is 2.96. The van der Waals surface area contributed by atoms with Gasteiger partial charge in [0.1, 0.15) is 5.76 Å². The van der Waals surface area contributed by atoms with Gasteiger partial charge in [-0.3, -0.25) is 14.7 Å². The summed E-state index contributed by atoms with van der Waals surface area (Å²) in [6, 6.07) is 3.82. The molecule has 0 bridgehead atoms. The lowest BCUT2D eigenvalue weighted by Crippen LogP contribution is -2.41. The van der Waals surface area contributed by atoms with Crippen molar-refractivity contribution in [1.29, 1.82) is 0 Å². The summed E-state index contributed by atoms with van der Waals surface area (Å²) in [6.45, 7) is -0.572. The van der Waals surface area contributed by atoms with E-state index in [1.165, 1.54) is 18.4 Å². The zero-order valence-electron chi connectivity index (χ0n) is 10.9. The first-order chi connectivity index (χ1) is 10.3. The van der Waals surface area contributed by atoms with Gasteiger partial charge in [0, 0.05) is 6.20 Å². The Morgan fingerprint density at radius 3 is 2.59 bits per heavy atom. The molecule has 2 aromatic heterocycles. The predicted octanol–water partition coefficient (Wildman–Crippen LogP) is 2.47. The number of halogens is 3. The van der Waals surface area contributed by atoms with E-state index in [1.54, 1.807) is 0 Å². The number of nitrogens with zero attached hydrogens (tertiary/aromatic N) is 2. The largest absolute Gasteiger partial charge is 0.478 e. The van der Waals surface area contributed by atoms with Crippen LogP contribution in [0, 0.1) is 0 Å². The summed E-state index contributed by atoms with van der Waals surface area (Å²) in [6.07, 6.45) is -1.95. The van der Waals surface area contributed by atoms with Gasteiger partial charge in [0.05, 0.1) is 30.3 Å². The van der Waals surface area contributed by atoms with Crippen molar-refractivity contribution in [1.82, 2.24) is 4.98 Å². The minimum absolute atomic E-state index is 0.0674. The molecule has 0 aliphatic heterocycles. The third-order valence-corrected chi connectivity index (χ3v) is 2.70. The lowest BCUT2D eigenvalue weighted by Gasteiger charge is -2.23. The number of rotatable bonds is 4. The molecule has 0 saturated carbocycles. The molecule has 1 N–H and O–H groups in total. The Morgan fingerprint density at radius 2 is 2.05 bits per heavy atom. The number of furan rings is 1. The first-order valence-corrected chi connectivity index (χ1v) is 5.89. The molecule has 116 valence electrons. The first kappa shape index (κ1) is 15.5. The van der Waals surface area contributed by atoms with E-state index < -0.39 is 35.8 Å². The minimum atomic E-state index is -5.17. The maximum absolute atomic E-state index is 12.8. The van der Waals surface area contributed by atoms with Crippen molar-refractivity contribution in [2.45, 2.75) is 12.7 Å². The maximum Gasteiger partial charge on any atom is 0.471 e. The van der Waals surface area contributed by atoms with Crippen LogP contribution in [0.25, 0.3) is 0 Å². The number of hydrogen-bond donors (Lipinski definition) is 1. The van der Waals surface area contributed by atoms with Crippen molar-refractivity contribution in [3.63, 3.8) is 0 Å². The van der Waals surface area contributed by atoms with Crippen LogP contribution in [-0.4, -0.2) is 28.1 Å². The highest BCUT2D eigenvalue weighted by Gasteiger charge is 2.44. The number of carbonyl (C=O) groups is 2. The molecule has 1 amide bonds. The summed E-state index contributed by atoms with van der Waals surface area (Å²) in [5.74, 6) is -3.62. The van der Waals surface area contributed by atoms with E-state index in [9.17, 15) is 22.8 Å². The molecular weight excluding hydrogens is 305 g/mol. The fourth-order valence-corrected chi connectivity index (χ4v) is 1.76. The molecule has 2 heterocycles. The van der Waals surface area contributed by atoms with Crippen molar-refractivity contribution in [3.8, 4) is 0 Å². The van der Waals surface area contributed by atoms with Crippen LogP contribution in [0.15, 0.2) is 41.3 Å². The second-order valence-electron chi connectivity index (χ2n) is 4.17. The Hall–Kier alpha value is -2.84. The van der Waals surface area contributed by atoms with Crippen LogP contribution in [-0.2, 0) is 11.3 Å². The van der Waals surface area contributed by atoms with Crippen LogP contribution in [0.3, 0.4) is 0 Å². The number of aromatic nitrogens is 1. The van der Waals surface area contributed by atoms with Crippen molar-refractivity contribution in [3.05, 3.63) is 48.2 Å². The number of carboxylic acids is 1. The molecule has 6 nitrogen and oxygen atoms in total. The number of anilines is 1. The van der Waals surface area contributed by atoms with Gasteiger partial charge in [-0.15, -0.1) is 0 Å². The number of pyridine rings is 1. The van der Waals surface area contributed by atoms with Crippen molar-refractivity contribution >= 4 is 17.6 Å². The third kappa shape index (κ3) is 3.25. The standard InChI is InChI=1S/C13H9F3N2O4/c14-13(15,16)12(21)18(7-8-2-1-5-22-8)10-6-17-4-3-9(10)11(19)20/h1-6H,7H2,(H,19,20). The predicted molar refractivity (Wildman–Crippen MR) is 67.1 cm³/mol. The summed E-state index contributed by atoms with van der Waals surface area (Å²) in [5, 5.41) is 9.05. The molecule has 22 heavy (non-hydrogen) atoms. The molecule has 0 aromatic carbocycles. The van der Waals surface area contributed by atoms with Crippen molar-refractivity contribution in [2.75, 3.05) is 4.90 Å². The maximum atomic E-state index is 12.8. The number of amides is 1. The van der Waals surface area contributed by atoms with E-state index in [-0.39, 0.29) is 10.7 Å². The zero-order valence-corrected chi connectivity index (χ0v) is 10.9. The fraction of sp³-hybridized carbons (Fsp3) is 0.154. The Kier molecular flexibility index (Phi) is 4.15. The van der Waals surface area contributed by atoms with Crippen LogP contribution in [0.1, 0.15) is 16.1 Å². The number of carbonyl (C=O) groups excluding carboxylic acids is 1. The smallest absolute Gasteiger partial charge is 0.471 e. The van der Waals surface area contributed by atoms with E-state index in [4.69, 9.17) is 9.52 Å². The molecule has 0 saturated heterocycles. The highest BCUT2D eigenvalue weighted by atomic mass is 19.4. The third-order valence-electron chi connectivity index (χ3n) is 2.70. The van der Waals surface area contributed by atoms with E-state index in [1.807, 2.05) is 0 Å². The van der Waals surface area contributed by atoms with Gasteiger partial charge in [-0.1, -0.05) is 0 Å².